The normalized spacial score (nSPS) is 27.5. The predicted molar refractivity (Wildman–Crippen MR) is 106 cm³/mol. The molecule has 4 rings (SSSR count). The maximum atomic E-state index is 13.9. The van der Waals surface area contributed by atoms with Crippen molar-refractivity contribution < 1.29 is 4.79 Å². The van der Waals surface area contributed by atoms with Gasteiger partial charge in [0.25, 0.3) is 0 Å². The van der Waals surface area contributed by atoms with E-state index in [1.54, 1.807) is 0 Å². The van der Waals surface area contributed by atoms with E-state index >= 15 is 0 Å². The second-order valence-corrected chi connectivity index (χ2v) is 8.57. The molecule has 3 fully saturated rings. The van der Waals surface area contributed by atoms with Crippen molar-refractivity contribution in [1.82, 2.24) is 10.2 Å². The largest absolute Gasteiger partial charge is 0.317 e. The van der Waals surface area contributed by atoms with Crippen molar-refractivity contribution in [3.8, 4) is 0 Å². The Hall–Kier alpha value is -1.19. The second kappa shape index (κ2) is 8.67. The van der Waals surface area contributed by atoms with Gasteiger partial charge in [-0.05, 0) is 69.6 Å². The van der Waals surface area contributed by atoms with Gasteiger partial charge in [-0.1, -0.05) is 49.6 Å². The van der Waals surface area contributed by atoms with E-state index in [9.17, 15) is 4.79 Å². The zero-order valence-corrected chi connectivity index (χ0v) is 16.0. The average molecular weight is 355 g/mol. The fourth-order valence-electron chi connectivity index (χ4n) is 5.66. The SMILES string of the molecule is O=C(C(c1ccccc1)C1CCCC1)C1CCCCN1C1CCNCC1. The molecule has 3 heteroatoms. The minimum absolute atomic E-state index is 0.117. The molecule has 3 aliphatic rings. The summed E-state index contributed by atoms with van der Waals surface area (Å²) in [5.41, 5.74) is 1.26. The molecule has 0 amide bonds. The van der Waals surface area contributed by atoms with E-state index in [0.29, 0.717) is 17.7 Å². The van der Waals surface area contributed by atoms with Crippen LogP contribution in [0.4, 0.5) is 0 Å². The molecule has 1 aliphatic carbocycles. The number of rotatable bonds is 5. The van der Waals surface area contributed by atoms with Gasteiger partial charge in [0.05, 0.1) is 6.04 Å². The van der Waals surface area contributed by atoms with Crippen LogP contribution in [0.2, 0.25) is 0 Å². The quantitative estimate of drug-likeness (QED) is 0.863. The van der Waals surface area contributed by atoms with Crippen LogP contribution < -0.4 is 5.32 Å². The summed E-state index contributed by atoms with van der Waals surface area (Å²) in [6.45, 7) is 3.33. The van der Waals surface area contributed by atoms with E-state index in [0.717, 1.165) is 26.1 Å². The Morgan fingerprint density at radius 3 is 2.35 bits per heavy atom. The fraction of sp³-hybridized carbons (Fsp3) is 0.696. The molecule has 0 aromatic heterocycles. The highest BCUT2D eigenvalue weighted by atomic mass is 16.1. The maximum Gasteiger partial charge on any atom is 0.157 e. The number of hydrogen-bond acceptors (Lipinski definition) is 3. The van der Waals surface area contributed by atoms with Crippen LogP contribution in [0, 0.1) is 5.92 Å². The summed E-state index contributed by atoms with van der Waals surface area (Å²) in [5, 5.41) is 3.48. The molecule has 26 heavy (non-hydrogen) atoms. The summed E-state index contributed by atoms with van der Waals surface area (Å²) in [5.74, 6) is 1.20. The molecule has 2 heterocycles. The Kier molecular flexibility index (Phi) is 6.06. The minimum Gasteiger partial charge on any atom is -0.317 e. The number of carbonyl (C=O) groups excluding carboxylic acids is 1. The van der Waals surface area contributed by atoms with Crippen molar-refractivity contribution in [3.63, 3.8) is 0 Å². The van der Waals surface area contributed by atoms with E-state index in [2.05, 4.69) is 40.5 Å². The molecule has 1 N–H and O–H groups in total. The molecule has 142 valence electrons. The molecule has 0 radical (unpaired) electrons. The molecule has 0 bridgehead atoms. The fourth-order valence-corrected chi connectivity index (χ4v) is 5.66. The summed E-state index contributed by atoms with van der Waals surface area (Å²) in [6, 6.07) is 11.4. The van der Waals surface area contributed by atoms with Gasteiger partial charge in [0, 0.05) is 12.0 Å². The Morgan fingerprint density at radius 1 is 0.923 bits per heavy atom. The van der Waals surface area contributed by atoms with Gasteiger partial charge in [0.1, 0.15) is 0 Å². The van der Waals surface area contributed by atoms with Gasteiger partial charge in [-0.3, -0.25) is 9.69 Å². The Bertz CT molecular complexity index is 575. The maximum absolute atomic E-state index is 13.9. The molecule has 2 unspecified atom stereocenters. The molecule has 2 atom stereocenters. The summed E-state index contributed by atoms with van der Waals surface area (Å²) < 4.78 is 0. The van der Waals surface area contributed by atoms with Gasteiger partial charge in [-0.25, -0.2) is 0 Å². The molecule has 1 aromatic rings. The third kappa shape index (κ3) is 3.89. The monoisotopic (exact) mass is 354 g/mol. The first-order valence-electron chi connectivity index (χ1n) is 10.9. The van der Waals surface area contributed by atoms with Gasteiger partial charge < -0.3 is 5.32 Å². The summed E-state index contributed by atoms with van der Waals surface area (Å²) >= 11 is 0. The van der Waals surface area contributed by atoms with Crippen molar-refractivity contribution in [2.75, 3.05) is 19.6 Å². The van der Waals surface area contributed by atoms with Gasteiger partial charge in [0.15, 0.2) is 5.78 Å². The first-order chi connectivity index (χ1) is 12.8. The zero-order chi connectivity index (χ0) is 17.8. The lowest BCUT2D eigenvalue weighted by Gasteiger charge is -2.43. The lowest BCUT2D eigenvalue weighted by molar-refractivity contribution is -0.129. The number of carbonyl (C=O) groups is 1. The van der Waals surface area contributed by atoms with Crippen LogP contribution in [0.5, 0.6) is 0 Å². The third-order valence-corrected chi connectivity index (χ3v) is 6.99. The van der Waals surface area contributed by atoms with Crippen LogP contribution in [0.25, 0.3) is 0 Å². The van der Waals surface area contributed by atoms with E-state index in [1.807, 2.05) is 0 Å². The highest BCUT2D eigenvalue weighted by Gasteiger charge is 2.40. The van der Waals surface area contributed by atoms with Crippen molar-refractivity contribution in [3.05, 3.63) is 35.9 Å². The molecule has 1 aromatic carbocycles. The molecular weight excluding hydrogens is 320 g/mol. The predicted octanol–water partition coefficient (Wildman–Crippen LogP) is 4.14. The van der Waals surface area contributed by atoms with Gasteiger partial charge >= 0.3 is 0 Å². The van der Waals surface area contributed by atoms with Crippen LogP contribution in [0.15, 0.2) is 30.3 Å². The van der Waals surface area contributed by atoms with Crippen molar-refractivity contribution >= 4 is 5.78 Å². The number of benzene rings is 1. The van der Waals surface area contributed by atoms with E-state index in [-0.39, 0.29) is 12.0 Å². The van der Waals surface area contributed by atoms with E-state index in [1.165, 1.54) is 56.9 Å². The van der Waals surface area contributed by atoms with Crippen molar-refractivity contribution in [1.29, 1.82) is 0 Å². The summed E-state index contributed by atoms with van der Waals surface area (Å²) in [6.07, 6.45) is 11.0. The van der Waals surface area contributed by atoms with Crippen LogP contribution in [0.1, 0.15) is 69.3 Å². The number of ketones is 1. The number of Topliss-reactive ketones (excluding diaryl/α,β-unsaturated/α-hetero) is 1. The molecule has 2 saturated heterocycles. The highest BCUT2D eigenvalue weighted by Crippen LogP contribution is 2.40. The molecule has 1 saturated carbocycles. The number of nitrogens with one attached hydrogen (secondary N) is 1. The highest BCUT2D eigenvalue weighted by molar-refractivity contribution is 5.91. The summed E-state index contributed by atoms with van der Waals surface area (Å²) in [4.78, 5) is 16.5. The van der Waals surface area contributed by atoms with Crippen LogP contribution >= 0.6 is 0 Å². The van der Waals surface area contributed by atoms with E-state index in [4.69, 9.17) is 0 Å². The van der Waals surface area contributed by atoms with Gasteiger partial charge in [-0.2, -0.15) is 0 Å². The Balaban J connectivity index is 1.58. The topological polar surface area (TPSA) is 32.3 Å². The molecule has 3 nitrogen and oxygen atoms in total. The number of piperidine rings is 2. The molecule has 0 spiro atoms. The lowest BCUT2D eigenvalue weighted by Crippen LogP contribution is -2.54. The second-order valence-electron chi connectivity index (χ2n) is 8.57. The smallest absolute Gasteiger partial charge is 0.157 e. The Morgan fingerprint density at radius 2 is 1.62 bits per heavy atom. The molecular formula is C23H34N2O. The van der Waals surface area contributed by atoms with Crippen LogP contribution in [-0.4, -0.2) is 42.4 Å². The first kappa shape index (κ1) is 18.2. The number of likely N-dealkylation sites (tertiary alicyclic amines) is 1. The lowest BCUT2D eigenvalue weighted by atomic mass is 9.77. The average Bonchev–Trinajstić information content (AvgIpc) is 3.24. The summed E-state index contributed by atoms with van der Waals surface area (Å²) in [7, 11) is 0. The van der Waals surface area contributed by atoms with Crippen molar-refractivity contribution in [2.24, 2.45) is 5.92 Å². The minimum atomic E-state index is 0.117. The van der Waals surface area contributed by atoms with Gasteiger partial charge in [0.2, 0.25) is 0 Å². The molecule has 2 aliphatic heterocycles. The first-order valence-corrected chi connectivity index (χ1v) is 10.9. The van der Waals surface area contributed by atoms with E-state index < -0.39 is 0 Å². The zero-order valence-electron chi connectivity index (χ0n) is 16.0. The van der Waals surface area contributed by atoms with Crippen LogP contribution in [-0.2, 0) is 4.79 Å². The Labute approximate surface area is 158 Å². The third-order valence-electron chi connectivity index (χ3n) is 6.99. The number of hydrogen-bond donors (Lipinski definition) is 1. The number of nitrogens with zero attached hydrogens (tertiary/aromatic N) is 1. The standard InChI is InChI=1S/C23H34N2O/c26-23(21-12-6-7-17-25(21)20-13-15-24-16-14-20)22(19-10-4-5-11-19)18-8-2-1-3-9-18/h1-3,8-9,19-22,24H,4-7,10-17H2. The van der Waals surface area contributed by atoms with Crippen LogP contribution in [0.3, 0.4) is 0 Å². The van der Waals surface area contributed by atoms with Crippen molar-refractivity contribution in [2.45, 2.75) is 75.8 Å². The van der Waals surface area contributed by atoms with Gasteiger partial charge in [-0.15, -0.1) is 0 Å².